The number of amides is 2. The summed E-state index contributed by atoms with van der Waals surface area (Å²) in [6, 6.07) is 11.4. The molecule has 0 saturated carbocycles. The Morgan fingerprint density at radius 2 is 2.07 bits per heavy atom. The fraction of sp³-hybridized carbons (Fsp3) is 0.100. The lowest BCUT2D eigenvalue weighted by molar-refractivity contribution is -0.122. The largest absolute Gasteiger partial charge is 0.368 e. The molecule has 1 saturated heterocycles. The third-order valence-electron chi connectivity index (χ3n) is 4.37. The first-order chi connectivity index (χ1) is 13.5. The first-order valence-corrected chi connectivity index (χ1v) is 9.76. The van der Waals surface area contributed by atoms with Crippen LogP contribution in [0.3, 0.4) is 0 Å². The zero-order valence-electron chi connectivity index (χ0n) is 14.7. The Hall–Kier alpha value is -2.97. The SMILES string of the molecule is NC(=O)Cn1cc(/C=C2\SC(=S)N(Cc3cccnc3)C2=O)c2ccccc21. The Kier molecular flexibility index (Phi) is 4.97. The van der Waals surface area contributed by atoms with Crippen LogP contribution < -0.4 is 5.73 Å². The average molecular weight is 409 g/mol. The van der Waals surface area contributed by atoms with E-state index >= 15 is 0 Å². The highest BCUT2D eigenvalue weighted by molar-refractivity contribution is 8.26. The van der Waals surface area contributed by atoms with E-state index in [0.717, 1.165) is 22.0 Å². The Labute approximate surface area is 171 Å². The molecule has 0 unspecified atom stereocenters. The van der Waals surface area contributed by atoms with Gasteiger partial charge in [-0.15, -0.1) is 0 Å². The van der Waals surface area contributed by atoms with Crippen molar-refractivity contribution in [2.75, 3.05) is 0 Å². The third-order valence-corrected chi connectivity index (χ3v) is 5.75. The summed E-state index contributed by atoms with van der Waals surface area (Å²) in [6.45, 7) is 0.468. The number of primary amides is 1. The quantitative estimate of drug-likeness (QED) is 0.519. The van der Waals surface area contributed by atoms with Crippen LogP contribution in [0.25, 0.3) is 17.0 Å². The van der Waals surface area contributed by atoms with Gasteiger partial charge in [-0.1, -0.05) is 48.2 Å². The molecule has 1 aliphatic heterocycles. The number of nitrogens with two attached hydrogens (primary N) is 1. The number of thioether (sulfide) groups is 1. The lowest BCUT2D eigenvalue weighted by Gasteiger charge is -2.13. The van der Waals surface area contributed by atoms with Crippen molar-refractivity contribution in [2.24, 2.45) is 5.73 Å². The number of pyridine rings is 1. The molecule has 0 spiro atoms. The molecule has 140 valence electrons. The molecule has 0 bridgehead atoms. The molecule has 3 aromatic rings. The van der Waals surface area contributed by atoms with Gasteiger partial charge in [0, 0.05) is 35.1 Å². The van der Waals surface area contributed by atoms with Crippen LogP contribution >= 0.6 is 24.0 Å². The first kappa shape index (κ1) is 18.4. The second kappa shape index (κ2) is 7.57. The maximum atomic E-state index is 12.9. The van der Waals surface area contributed by atoms with Gasteiger partial charge in [-0.3, -0.25) is 19.5 Å². The van der Waals surface area contributed by atoms with Crippen LogP contribution in [0.4, 0.5) is 0 Å². The molecule has 0 radical (unpaired) electrons. The van der Waals surface area contributed by atoms with Gasteiger partial charge in [-0.25, -0.2) is 0 Å². The van der Waals surface area contributed by atoms with Crippen LogP contribution in [-0.2, 0) is 22.7 Å². The Morgan fingerprint density at radius 1 is 1.25 bits per heavy atom. The highest BCUT2D eigenvalue weighted by Crippen LogP contribution is 2.35. The second-order valence-electron chi connectivity index (χ2n) is 6.32. The molecule has 0 aliphatic carbocycles. The Balaban J connectivity index is 1.67. The number of hydrogen-bond acceptors (Lipinski definition) is 5. The van der Waals surface area contributed by atoms with Gasteiger partial charge in [0.1, 0.15) is 10.9 Å². The summed E-state index contributed by atoms with van der Waals surface area (Å²) in [5, 5.41) is 0.946. The number of benzene rings is 1. The fourth-order valence-electron chi connectivity index (χ4n) is 3.14. The molecular formula is C20H16N4O2S2. The minimum Gasteiger partial charge on any atom is -0.368 e. The number of fused-ring (bicyclic) bond motifs is 1. The molecule has 2 aromatic heterocycles. The summed E-state index contributed by atoms with van der Waals surface area (Å²) in [4.78, 5) is 30.5. The summed E-state index contributed by atoms with van der Waals surface area (Å²) in [5.74, 6) is -0.555. The highest BCUT2D eigenvalue weighted by Gasteiger charge is 2.32. The molecule has 2 N–H and O–H groups in total. The summed E-state index contributed by atoms with van der Waals surface area (Å²) in [6.07, 6.45) is 7.07. The van der Waals surface area contributed by atoms with Crippen LogP contribution in [0, 0.1) is 0 Å². The van der Waals surface area contributed by atoms with E-state index in [4.69, 9.17) is 18.0 Å². The van der Waals surface area contributed by atoms with E-state index in [-0.39, 0.29) is 12.5 Å². The summed E-state index contributed by atoms with van der Waals surface area (Å²) in [7, 11) is 0. The van der Waals surface area contributed by atoms with Gasteiger partial charge >= 0.3 is 0 Å². The van der Waals surface area contributed by atoms with Crippen molar-refractivity contribution in [3.8, 4) is 0 Å². The minimum absolute atomic E-state index is 0.0797. The van der Waals surface area contributed by atoms with Crippen LogP contribution in [0.1, 0.15) is 11.1 Å². The molecule has 2 amide bonds. The number of rotatable bonds is 5. The molecule has 1 aromatic carbocycles. The van der Waals surface area contributed by atoms with Gasteiger partial charge in [0.15, 0.2) is 0 Å². The molecule has 8 heteroatoms. The zero-order chi connectivity index (χ0) is 19.7. The Morgan fingerprint density at radius 3 is 2.82 bits per heavy atom. The minimum atomic E-state index is -0.421. The second-order valence-corrected chi connectivity index (χ2v) is 8.00. The molecule has 6 nitrogen and oxygen atoms in total. The van der Waals surface area contributed by atoms with Crippen LogP contribution in [-0.4, -0.2) is 30.6 Å². The zero-order valence-corrected chi connectivity index (χ0v) is 16.4. The van der Waals surface area contributed by atoms with E-state index in [1.807, 2.05) is 48.7 Å². The predicted molar refractivity (Wildman–Crippen MR) is 114 cm³/mol. The summed E-state index contributed by atoms with van der Waals surface area (Å²) < 4.78 is 2.31. The first-order valence-electron chi connectivity index (χ1n) is 8.53. The lowest BCUT2D eigenvalue weighted by Crippen LogP contribution is -2.27. The molecule has 28 heavy (non-hydrogen) atoms. The summed E-state index contributed by atoms with van der Waals surface area (Å²) >= 11 is 6.68. The van der Waals surface area contributed by atoms with Gasteiger partial charge in [0.05, 0.1) is 11.4 Å². The van der Waals surface area contributed by atoms with Crippen molar-refractivity contribution in [3.63, 3.8) is 0 Å². The number of carbonyl (C=O) groups is 2. The third kappa shape index (κ3) is 3.56. The molecule has 1 aliphatic rings. The van der Waals surface area contributed by atoms with Crippen molar-refractivity contribution >= 4 is 57.1 Å². The van der Waals surface area contributed by atoms with Crippen molar-refractivity contribution < 1.29 is 9.59 Å². The number of para-hydroxylation sites is 1. The van der Waals surface area contributed by atoms with Crippen LogP contribution in [0.2, 0.25) is 0 Å². The Bertz CT molecular complexity index is 1120. The molecule has 4 rings (SSSR count). The number of carbonyl (C=O) groups excluding carboxylic acids is 2. The highest BCUT2D eigenvalue weighted by atomic mass is 32.2. The smallest absolute Gasteiger partial charge is 0.266 e. The van der Waals surface area contributed by atoms with Gasteiger partial charge in [-0.05, 0) is 23.8 Å². The maximum Gasteiger partial charge on any atom is 0.266 e. The predicted octanol–water partition coefficient (Wildman–Crippen LogP) is 2.92. The number of thiocarbonyl (C=S) groups is 1. The van der Waals surface area contributed by atoms with E-state index < -0.39 is 5.91 Å². The van der Waals surface area contributed by atoms with Gasteiger partial charge in [0.2, 0.25) is 5.91 Å². The number of hydrogen-bond donors (Lipinski definition) is 1. The maximum absolute atomic E-state index is 12.9. The molecule has 1 fully saturated rings. The monoisotopic (exact) mass is 408 g/mol. The standard InChI is InChI=1S/C20H16N4O2S2/c21-18(25)12-23-11-14(15-5-1-2-6-16(15)23)8-17-19(26)24(20(27)28-17)10-13-4-3-7-22-9-13/h1-9,11H,10,12H2,(H2,21,25)/b17-8-. The van der Waals surface area contributed by atoms with E-state index in [2.05, 4.69) is 4.98 Å². The topological polar surface area (TPSA) is 81.2 Å². The number of nitrogens with zero attached hydrogens (tertiary/aromatic N) is 3. The van der Waals surface area contributed by atoms with E-state index in [1.54, 1.807) is 21.9 Å². The lowest BCUT2D eigenvalue weighted by atomic mass is 10.1. The van der Waals surface area contributed by atoms with Crippen molar-refractivity contribution in [1.82, 2.24) is 14.5 Å². The van der Waals surface area contributed by atoms with E-state index in [1.165, 1.54) is 11.8 Å². The van der Waals surface area contributed by atoms with Crippen molar-refractivity contribution in [1.29, 1.82) is 0 Å². The van der Waals surface area contributed by atoms with Gasteiger partial charge in [0.25, 0.3) is 5.91 Å². The fourth-order valence-corrected chi connectivity index (χ4v) is 4.39. The molecule has 3 heterocycles. The van der Waals surface area contributed by atoms with Crippen molar-refractivity contribution in [2.45, 2.75) is 13.1 Å². The van der Waals surface area contributed by atoms with E-state index in [0.29, 0.717) is 15.8 Å². The van der Waals surface area contributed by atoms with Crippen LogP contribution in [0.15, 0.2) is 59.9 Å². The van der Waals surface area contributed by atoms with Gasteiger partial charge in [-0.2, -0.15) is 0 Å². The van der Waals surface area contributed by atoms with Gasteiger partial charge < -0.3 is 10.3 Å². The normalized spacial score (nSPS) is 15.7. The van der Waals surface area contributed by atoms with Crippen LogP contribution in [0.5, 0.6) is 0 Å². The molecule has 0 atom stereocenters. The molecular weight excluding hydrogens is 392 g/mol. The average Bonchev–Trinajstić information content (AvgIpc) is 3.15. The van der Waals surface area contributed by atoms with Crippen molar-refractivity contribution in [3.05, 3.63) is 71.0 Å². The van der Waals surface area contributed by atoms with E-state index in [9.17, 15) is 9.59 Å². The summed E-state index contributed by atoms with van der Waals surface area (Å²) in [5.41, 5.74) is 8.01. The number of aromatic nitrogens is 2.